The van der Waals surface area contributed by atoms with Gasteiger partial charge in [0.05, 0.1) is 5.69 Å². The lowest BCUT2D eigenvalue weighted by Gasteiger charge is -1.99. The van der Waals surface area contributed by atoms with Crippen LogP contribution in [-0.2, 0) is 6.42 Å². The predicted octanol–water partition coefficient (Wildman–Crippen LogP) is 3.33. The molecule has 0 unspecified atom stereocenters. The van der Waals surface area contributed by atoms with Gasteiger partial charge in [-0.2, -0.15) is 10.2 Å². The average molecular weight is 258 g/mol. The molecule has 0 radical (unpaired) electrons. The molecular weight excluding hydrogens is 240 g/mol. The average Bonchev–Trinajstić information content (AvgIpc) is 2.75. The number of hydrogen-bond acceptors (Lipinski definition) is 5. The molecule has 0 aliphatic heterocycles. The minimum absolute atomic E-state index is 0.251. The first-order valence-corrected chi connectivity index (χ1v) is 6.30. The Morgan fingerprint density at radius 3 is 2.47 bits per heavy atom. The van der Waals surface area contributed by atoms with Crippen LogP contribution in [0.1, 0.15) is 25.3 Å². The molecule has 1 aromatic carbocycles. The number of aromatic amines is 1. The van der Waals surface area contributed by atoms with Crippen molar-refractivity contribution in [3.63, 3.8) is 0 Å². The van der Waals surface area contributed by atoms with Gasteiger partial charge in [-0.05, 0) is 30.5 Å². The van der Waals surface area contributed by atoms with Gasteiger partial charge in [0, 0.05) is 0 Å². The molecule has 0 fully saturated rings. The van der Waals surface area contributed by atoms with Gasteiger partial charge in [-0.3, -0.25) is 5.10 Å². The van der Waals surface area contributed by atoms with Crippen LogP contribution in [0.3, 0.4) is 0 Å². The molecule has 5 N–H and O–H groups in total. The third-order valence-electron chi connectivity index (χ3n) is 2.82. The van der Waals surface area contributed by atoms with Crippen molar-refractivity contribution in [2.75, 3.05) is 11.5 Å². The van der Waals surface area contributed by atoms with Crippen LogP contribution in [0.5, 0.6) is 0 Å². The molecular formula is C13H18N6. The Kier molecular flexibility index (Phi) is 4.12. The zero-order valence-corrected chi connectivity index (χ0v) is 10.9. The van der Waals surface area contributed by atoms with Crippen LogP contribution in [0.4, 0.5) is 23.0 Å². The number of anilines is 2. The first kappa shape index (κ1) is 13.1. The Hall–Kier alpha value is -2.37. The van der Waals surface area contributed by atoms with Gasteiger partial charge in [0.15, 0.2) is 11.5 Å². The van der Waals surface area contributed by atoms with E-state index in [1.165, 1.54) is 18.4 Å². The second-order valence-corrected chi connectivity index (χ2v) is 4.34. The maximum Gasteiger partial charge on any atom is 0.175 e. The van der Waals surface area contributed by atoms with E-state index < -0.39 is 0 Å². The number of aryl methyl sites for hydroxylation is 1. The lowest BCUT2D eigenvalue weighted by Crippen LogP contribution is -1.84. The van der Waals surface area contributed by atoms with E-state index in [0.717, 1.165) is 12.1 Å². The number of nitrogens with two attached hydrogens (primary N) is 2. The molecule has 0 spiro atoms. The van der Waals surface area contributed by atoms with Gasteiger partial charge in [0.2, 0.25) is 0 Å². The number of hydrogen-bond donors (Lipinski definition) is 3. The Bertz CT molecular complexity index is 536. The Labute approximate surface area is 111 Å². The van der Waals surface area contributed by atoms with Crippen LogP contribution in [-0.4, -0.2) is 10.2 Å². The molecule has 0 bridgehead atoms. The highest BCUT2D eigenvalue weighted by Crippen LogP contribution is 2.28. The van der Waals surface area contributed by atoms with Crippen LogP contribution < -0.4 is 11.5 Å². The van der Waals surface area contributed by atoms with Crippen molar-refractivity contribution >= 4 is 23.0 Å². The summed E-state index contributed by atoms with van der Waals surface area (Å²) in [6.07, 6.45) is 3.49. The van der Waals surface area contributed by atoms with Crippen molar-refractivity contribution in [2.45, 2.75) is 26.2 Å². The fourth-order valence-corrected chi connectivity index (χ4v) is 1.69. The predicted molar refractivity (Wildman–Crippen MR) is 76.6 cm³/mol. The van der Waals surface area contributed by atoms with Crippen LogP contribution >= 0.6 is 0 Å². The van der Waals surface area contributed by atoms with E-state index in [-0.39, 0.29) is 5.82 Å². The number of rotatable bonds is 5. The summed E-state index contributed by atoms with van der Waals surface area (Å²) in [5.41, 5.74) is 13.7. The molecule has 0 amide bonds. The van der Waals surface area contributed by atoms with Crippen molar-refractivity contribution in [3.05, 3.63) is 29.8 Å². The van der Waals surface area contributed by atoms with Gasteiger partial charge < -0.3 is 11.5 Å². The number of azo groups is 1. The van der Waals surface area contributed by atoms with Crippen molar-refractivity contribution in [1.82, 2.24) is 10.2 Å². The highest BCUT2D eigenvalue weighted by atomic mass is 15.2. The van der Waals surface area contributed by atoms with Crippen LogP contribution in [0, 0.1) is 0 Å². The standard InChI is InChI=1S/C13H18N6/c1-2-3-4-9-5-7-10(8-6-9)16-17-11-12(14)18-19-13(11)15/h5-8H,2-4H2,1H3,(H5,14,15,18,19). The summed E-state index contributed by atoms with van der Waals surface area (Å²) >= 11 is 0. The summed E-state index contributed by atoms with van der Waals surface area (Å²) < 4.78 is 0. The van der Waals surface area contributed by atoms with E-state index in [1.807, 2.05) is 12.1 Å². The van der Waals surface area contributed by atoms with Crippen molar-refractivity contribution in [2.24, 2.45) is 10.2 Å². The minimum atomic E-state index is 0.251. The number of nitrogens with zero attached hydrogens (tertiary/aromatic N) is 3. The molecule has 2 aromatic rings. The maximum absolute atomic E-state index is 5.63. The fourth-order valence-electron chi connectivity index (χ4n) is 1.69. The molecule has 1 aromatic heterocycles. The highest BCUT2D eigenvalue weighted by Gasteiger charge is 2.06. The number of nitrogens with one attached hydrogen (secondary N) is 1. The molecule has 1 heterocycles. The van der Waals surface area contributed by atoms with E-state index in [9.17, 15) is 0 Å². The molecule has 6 nitrogen and oxygen atoms in total. The topological polar surface area (TPSA) is 105 Å². The fraction of sp³-hybridized carbons (Fsp3) is 0.308. The molecule has 2 rings (SSSR count). The molecule has 0 saturated heterocycles. The SMILES string of the molecule is CCCCc1ccc(N=Nc2c(N)n[nH]c2N)cc1. The van der Waals surface area contributed by atoms with Gasteiger partial charge in [0.1, 0.15) is 5.82 Å². The quantitative estimate of drug-likeness (QED) is 0.716. The maximum atomic E-state index is 5.63. The van der Waals surface area contributed by atoms with Gasteiger partial charge >= 0.3 is 0 Å². The summed E-state index contributed by atoms with van der Waals surface area (Å²) in [4.78, 5) is 0. The molecule has 0 saturated carbocycles. The first-order chi connectivity index (χ1) is 9.20. The van der Waals surface area contributed by atoms with Crippen molar-refractivity contribution < 1.29 is 0 Å². The number of nitrogen functional groups attached to an aromatic ring is 2. The lowest BCUT2D eigenvalue weighted by atomic mass is 10.1. The highest BCUT2D eigenvalue weighted by molar-refractivity contribution is 5.70. The monoisotopic (exact) mass is 258 g/mol. The number of H-pyrrole nitrogens is 1. The zero-order valence-electron chi connectivity index (χ0n) is 10.9. The summed E-state index contributed by atoms with van der Waals surface area (Å²) in [6, 6.07) is 7.99. The van der Waals surface area contributed by atoms with Crippen LogP contribution in [0.15, 0.2) is 34.5 Å². The molecule has 0 aliphatic rings. The Balaban J connectivity index is 2.07. The van der Waals surface area contributed by atoms with Crippen molar-refractivity contribution in [1.29, 1.82) is 0 Å². The van der Waals surface area contributed by atoms with Crippen LogP contribution in [0.25, 0.3) is 0 Å². The van der Waals surface area contributed by atoms with Crippen LogP contribution in [0.2, 0.25) is 0 Å². The van der Waals surface area contributed by atoms with Gasteiger partial charge in [-0.15, -0.1) is 5.11 Å². The molecule has 0 atom stereocenters. The normalized spacial score (nSPS) is 11.2. The molecule has 0 aliphatic carbocycles. The number of benzene rings is 1. The summed E-state index contributed by atoms with van der Waals surface area (Å²) in [5.74, 6) is 0.571. The van der Waals surface area contributed by atoms with E-state index >= 15 is 0 Å². The molecule has 100 valence electrons. The largest absolute Gasteiger partial charge is 0.382 e. The summed E-state index contributed by atoms with van der Waals surface area (Å²) in [6.45, 7) is 2.18. The number of aromatic nitrogens is 2. The second-order valence-electron chi connectivity index (χ2n) is 4.34. The van der Waals surface area contributed by atoms with Gasteiger partial charge in [-0.1, -0.05) is 25.5 Å². The Morgan fingerprint density at radius 2 is 1.89 bits per heavy atom. The molecule has 19 heavy (non-hydrogen) atoms. The first-order valence-electron chi connectivity index (χ1n) is 6.30. The van der Waals surface area contributed by atoms with E-state index in [0.29, 0.717) is 11.5 Å². The van der Waals surface area contributed by atoms with Gasteiger partial charge in [-0.25, -0.2) is 0 Å². The Morgan fingerprint density at radius 1 is 1.16 bits per heavy atom. The number of unbranched alkanes of at least 4 members (excludes halogenated alkanes) is 1. The third kappa shape index (κ3) is 3.31. The van der Waals surface area contributed by atoms with E-state index in [2.05, 4.69) is 39.5 Å². The lowest BCUT2D eigenvalue weighted by molar-refractivity contribution is 0.795. The smallest absolute Gasteiger partial charge is 0.175 e. The minimum Gasteiger partial charge on any atom is -0.382 e. The van der Waals surface area contributed by atoms with Gasteiger partial charge in [0.25, 0.3) is 0 Å². The second kappa shape index (κ2) is 5.99. The van der Waals surface area contributed by atoms with Crippen molar-refractivity contribution in [3.8, 4) is 0 Å². The zero-order chi connectivity index (χ0) is 13.7. The third-order valence-corrected chi connectivity index (χ3v) is 2.82. The summed E-state index contributed by atoms with van der Waals surface area (Å²) in [5, 5.41) is 14.4. The van der Waals surface area contributed by atoms with E-state index in [1.54, 1.807) is 0 Å². The van der Waals surface area contributed by atoms with E-state index in [4.69, 9.17) is 11.5 Å². The summed E-state index contributed by atoms with van der Waals surface area (Å²) in [7, 11) is 0. The molecule has 6 heteroatoms.